The molecule has 0 radical (unpaired) electrons. The van der Waals surface area contributed by atoms with Crippen LogP contribution in [0.2, 0.25) is 0 Å². The third-order valence-electron chi connectivity index (χ3n) is 3.26. The maximum atomic E-state index is 12.0. The molecule has 6 heteroatoms. The molecule has 5 nitrogen and oxygen atoms in total. The van der Waals surface area contributed by atoms with Crippen LogP contribution in [0.25, 0.3) is 0 Å². The highest BCUT2D eigenvalue weighted by atomic mass is 32.2. The molecule has 1 amide bonds. The normalized spacial score (nSPS) is 33.2. The number of hydrogen-bond acceptors (Lipinski definition) is 4. The standard InChI is InChI=1S/C10H16N2O3S/c1-3-9-7(2)11-12(10(9)13)8-4-5-16(14,15)6-8/h8-9H,3-6H2,1-2H3. The van der Waals surface area contributed by atoms with E-state index in [0.717, 1.165) is 12.1 Å². The first-order valence-corrected chi connectivity index (χ1v) is 7.35. The van der Waals surface area contributed by atoms with Crippen molar-refractivity contribution in [2.24, 2.45) is 11.0 Å². The van der Waals surface area contributed by atoms with Crippen LogP contribution >= 0.6 is 0 Å². The maximum Gasteiger partial charge on any atom is 0.251 e. The molecule has 0 aromatic rings. The van der Waals surface area contributed by atoms with Gasteiger partial charge in [-0.15, -0.1) is 0 Å². The average molecular weight is 244 g/mol. The van der Waals surface area contributed by atoms with Gasteiger partial charge in [0.05, 0.1) is 23.5 Å². The topological polar surface area (TPSA) is 66.8 Å². The molecular weight excluding hydrogens is 228 g/mol. The summed E-state index contributed by atoms with van der Waals surface area (Å²) >= 11 is 0. The Kier molecular flexibility index (Phi) is 2.77. The number of hydrogen-bond donors (Lipinski definition) is 0. The molecule has 0 bridgehead atoms. The second-order valence-corrected chi connectivity index (χ2v) is 6.67. The summed E-state index contributed by atoms with van der Waals surface area (Å²) in [6.07, 6.45) is 1.24. The minimum absolute atomic E-state index is 0.0397. The number of hydrazone groups is 1. The second-order valence-electron chi connectivity index (χ2n) is 4.44. The number of carbonyl (C=O) groups is 1. The predicted molar refractivity (Wildman–Crippen MR) is 60.8 cm³/mol. The monoisotopic (exact) mass is 244 g/mol. The fourth-order valence-corrected chi connectivity index (χ4v) is 4.02. The van der Waals surface area contributed by atoms with E-state index in [1.165, 1.54) is 5.01 Å². The summed E-state index contributed by atoms with van der Waals surface area (Å²) in [6.45, 7) is 3.77. The van der Waals surface area contributed by atoms with Crippen LogP contribution in [0.5, 0.6) is 0 Å². The van der Waals surface area contributed by atoms with Crippen molar-refractivity contribution in [3.63, 3.8) is 0 Å². The van der Waals surface area contributed by atoms with E-state index in [1.54, 1.807) is 0 Å². The van der Waals surface area contributed by atoms with Gasteiger partial charge in [0.2, 0.25) is 0 Å². The summed E-state index contributed by atoms with van der Waals surface area (Å²) in [5.41, 5.74) is 0.803. The lowest BCUT2D eigenvalue weighted by atomic mass is 10.0. The van der Waals surface area contributed by atoms with Gasteiger partial charge in [0.15, 0.2) is 9.84 Å². The minimum atomic E-state index is -2.96. The molecular formula is C10H16N2O3S. The van der Waals surface area contributed by atoms with E-state index in [-0.39, 0.29) is 29.4 Å². The number of amides is 1. The van der Waals surface area contributed by atoms with Gasteiger partial charge >= 0.3 is 0 Å². The van der Waals surface area contributed by atoms with Crippen molar-refractivity contribution >= 4 is 21.5 Å². The zero-order valence-electron chi connectivity index (χ0n) is 9.51. The molecule has 0 spiro atoms. The fraction of sp³-hybridized carbons (Fsp3) is 0.800. The summed E-state index contributed by atoms with van der Waals surface area (Å²) in [6, 6.07) is -0.246. The van der Waals surface area contributed by atoms with E-state index >= 15 is 0 Å². The van der Waals surface area contributed by atoms with Crippen LogP contribution in [0.3, 0.4) is 0 Å². The van der Waals surface area contributed by atoms with Gasteiger partial charge in [-0.1, -0.05) is 6.92 Å². The van der Waals surface area contributed by atoms with Crippen molar-refractivity contribution in [2.45, 2.75) is 32.7 Å². The lowest BCUT2D eigenvalue weighted by Gasteiger charge is -2.19. The molecule has 90 valence electrons. The molecule has 2 unspecified atom stereocenters. The minimum Gasteiger partial charge on any atom is -0.272 e. The van der Waals surface area contributed by atoms with Crippen molar-refractivity contribution in [3.8, 4) is 0 Å². The van der Waals surface area contributed by atoms with Gasteiger partial charge in [0, 0.05) is 5.71 Å². The Labute approximate surface area is 95.4 Å². The largest absolute Gasteiger partial charge is 0.272 e. The molecule has 0 aromatic heterocycles. The first-order chi connectivity index (χ1) is 7.44. The lowest BCUT2D eigenvalue weighted by molar-refractivity contribution is -0.133. The quantitative estimate of drug-likeness (QED) is 0.707. The first-order valence-electron chi connectivity index (χ1n) is 5.53. The van der Waals surface area contributed by atoms with Gasteiger partial charge in [-0.25, -0.2) is 13.4 Å². The van der Waals surface area contributed by atoms with Crippen LogP contribution in [-0.2, 0) is 14.6 Å². The molecule has 0 N–H and O–H groups in total. The first kappa shape index (κ1) is 11.6. The highest BCUT2D eigenvalue weighted by Crippen LogP contribution is 2.26. The van der Waals surface area contributed by atoms with Gasteiger partial charge in [-0.3, -0.25) is 4.79 Å². The molecule has 1 saturated heterocycles. The molecule has 16 heavy (non-hydrogen) atoms. The third-order valence-corrected chi connectivity index (χ3v) is 5.01. The number of carbonyl (C=O) groups excluding carboxylic acids is 1. The van der Waals surface area contributed by atoms with Crippen molar-refractivity contribution < 1.29 is 13.2 Å². The Bertz CT molecular complexity index is 441. The molecule has 1 fully saturated rings. The van der Waals surface area contributed by atoms with E-state index in [2.05, 4.69) is 5.10 Å². The van der Waals surface area contributed by atoms with E-state index in [9.17, 15) is 13.2 Å². The average Bonchev–Trinajstić information content (AvgIpc) is 2.68. The van der Waals surface area contributed by atoms with E-state index < -0.39 is 9.84 Å². The van der Waals surface area contributed by atoms with Crippen LogP contribution in [0.4, 0.5) is 0 Å². The van der Waals surface area contributed by atoms with Crippen LogP contribution < -0.4 is 0 Å². The van der Waals surface area contributed by atoms with Gasteiger partial charge in [0.1, 0.15) is 0 Å². The molecule has 2 aliphatic heterocycles. The zero-order valence-corrected chi connectivity index (χ0v) is 10.3. The summed E-state index contributed by atoms with van der Waals surface area (Å²) < 4.78 is 22.7. The molecule has 0 aliphatic carbocycles. The SMILES string of the molecule is CCC1C(=O)N(C2CCS(=O)(=O)C2)N=C1C. The number of sulfone groups is 1. The molecule has 2 rings (SSSR count). The van der Waals surface area contributed by atoms with Crippen LogP contribution in [0.1, 0.15) is 26.7 Å². The fourth-order valence-electron chi connectivity index (χ4n) is 2.33. The van der Waals surface area contributed by atoms with Crippen molar-refractivity contribution in [1.29, 1.82) is 0 Å². The van der Waals surface area contributed by atoms with Gasteiger partial charge in [-0.05, 0) is 19.8 Å². The Morgan fingerprint density at radius 2 is 2.19 bits per heavy atom. The maximum absolute atomic E-state index is 12.0. The molecule has 2 aliphatic rings. The molecule has 2 heterocycles. The van der Waals surface area contributed by atoms with E-state index in [4.69, 9.17) is 0 Å². The predicted octanol–water partition coefficient (Wildman–Crippen LogP) is 0.418. The van der Waals surface area contributed by atoms with Crippen molar-refractivity contribution in [1.82, 2.24) is 5.01 Å². The van der Waals surface area contributed by atoms with Gasteiger partial charge in [-0.2, -0.15) is 5.10 Å². The zero-order chi connectivity index (χ0) is 11.9. The van der Waals surface area contributed by atoms with Crippen LogP contribution in [-0.4, -0.2) is 42.6 Å². The van der Waals surface area contributed by atoms with Gasteiger partial charge in [0.25, 0.3) is 5.91 Å². The second kappa shape index (κ2) is 3.84. The summed E-state index contributed by atoms with van der Waals surface area (Å²) in [5.74, 6) is 0.0454. The number of nitrogens with zero attached hydrogens (tertiary/aromatic N) is 2. The Morgan fingerprint density at radius 1 is 1.50 bits per heavy atom. The summed E-state index contributed by atoms with van der Waals surface area (Å²) in [4.78, 5) is 12.0. The Balaban J connectivity index is 2.16. The Morgan fingerprint density at radius 3 is 2.62 bits per heavy atom. The lowest BCUT2D eigenvalue weighted by Crippen LogP contribution is -2.36. The summed E-state index contributed by atoms with van der Waals surface area (Å²) in [5, 5.41) is 5.60. The van der Waals surface area contributed by atoms with Crippen molar-refractivity contribution in [2.75, 3.05) is 11.5 Å². The number of rotatable bonds is 2. The van der Waals surface area contributed by atoms with Crippen molar-refractivity contribution in [3.05, 3.63) is 0 Å². The third kappa shape index (κ3) is 1.86. The highest BCUT2D eigenvalue weighted by Gasteiger charge is 2.40. The van der Waals surface area contributed by atoms with Crippen LogP contribution in [0, 0.1) is 5.92 Å². The Hall–Kier alpha value is -0.910. The molecule has 0 aromatic carbocycles. The van der Waals surface area contributed by atoms with Crippen LogP contribution in [0.15, 0.2) is 5.10 Å². The molecule has 2 atom stereocenters. The van der Waals surface area contributed by atoms with E-state index in [1.807, 2.05) is 13.8 Å². The van der Waals surface area contributed by atoms with Gasteiger partial charge < -0.3 is 0 Å². The highest BCUT2D eigenvalue weighted by molar-refractivity contribution is 7.91. The smallest absolute Gasteiger partial charge is 0.251 e. The van der Waals surface area contributed by atoms with E-state index in [0.29, 0.717) is 6.42 Å². The summed E-state index contributed by atoms with van der Waals surface area (Å²) in [7, 11) is -2.96. The molecule has 0 saturated carbocycles.